The molecule has 0 amide bonds. The van der Waals surface area contributed by atoms with Gasteiger partial charge < -0.3 is 0 Å². The van der Waals surface area contributed by atoms with Gasteiger partial charge >= 0.3 is 0 Å². The molecule has 0 aliphatic rings. The van der Waals surface area contributed by atoms with Gasteiger partial charge in [-0.2, -0.15) is 15.5 Å². The molecule has 5 nitrogen and oxygen atoms in total. The van der Waals surface area contributed by atoms with Crippen LogP contribution >= 0.6 is 0 Å². The lowest BCUT2D eigenvalue weighted by Crippen LogP contribution is -1.99. The lowest BCUT2D eigenvalue weighted by molar-refractivity contribution is 0.687. The first kappa shape index (κ1) is 14.9. The van der Waals surface area contributed by atoms with Gasteiger partial charge in [0, 0.05) is 23.5 Å². The minimum Gasteiger partial charge on any atom is -0.268 e. The first-order valence-corrected chi connectivity index (χ1v) is 7.94. The highest BCUT2D eigenvalue weighted by Gasteiger charge is 2.06. The number of benzene rings is 2. The molecule has 0 saturated carbocycles. The Bertz CT molecular complexity index is 1020. The molecular formula is C20H15N5. The Morgan fingerprint density at radius 2 is 1.56 bits per heavy atom. The zero-order valence-corrected chi connectivity index (χ0v) is 13.4. The van der Waals surface area contributed by atoms with Gasteiger partial charge in [-0.3, -0.25) is 4.68 Å². The Hall–Kier alpha value is -3.65. The van der Waals surface area contributed by atoms with Crippen molar-refractivity contribution in [2.75, 3.05) is 0 Å². The fourth-order valence-corrected chi connectivity index (χ4v) is 2.66. The highest BCUT2D eigenvalue weighted by Crippen LogP contribution is 2.20. The second kappa shape index (κ2) is 6.46. The van der Waals surface area contributed by atoms with Crippen molar-refractivity contribution in [3.05, 3.63) is 90.5 Å². The molecule has 120 valence electrons. The molecule has 0 aliphatic carbocycles. The molecule has 2 aromatic heterocycles. The van der Waals surface area contributed by atoms with Crippen LogP contribution in [0.2, 0.25) is 0 Å². The molecule has 2 heterocycles. The maximum absolute atomic E-state index is 8.86. The summed E-state index contributed by atoms with van der Waals surface area (Å²) in [6.45, 7) is 0.665. The average molecular weight is 325 g/mol. The van der Waals surface area contributed by atoms with Crippen molar-refractivity contribution in [2.24, 2.45) is 0 Å². The predicted octanol–water partition coefficient (Wildman–Crippen LogP) is 3.66. The summed E-state index contributed by atoms with van der Waals surface area (Å²) in [4.78, 5) is 0. The van der Waals surface area contributed by atoms with Crippen LogP contribution in [0.15, 0.2) is 79.4 Å². The number of rotatable bonds is 4. The van der Waals surface area contributed by atoms with Crippen molar-refractivity contribution in [1.82, 2.24) is 19.6 Å². The van der Waals surface area contributed by atoms with Gasteiger partial charge in [-0.1, -0.05) is 30.3 Å². The second-order valence-corrected chi connectivity index (χ2v) is 5.74. The zero-order chi connectivity index (χ0) is 17.1. The third-order valence-electron chi connectivity index (χ3n) is 4.00. The smallest absolute Gasteiger partial charge is 0.0991 e. The molecule has 4 rings (SSSR count). The summed E-state index contributed by atoms with van der Waals surface area (Å²) in [6.07, 6.45) is 7.69. The van der Waals surface area contributed by atoms with E-state index in [0.29, 0.717) is 12.1 Å². The van der Waals surface area contributed by atoms with Gasteiger partial charge in [0.25, 0.3) is 0 Å². The Morgan fingerprint density at radius 3 is 2.32 bits per heavy atom. The third kappa shape index (κ3) is 3.19. The van der Waals surface area contributed by atoms with Crippen LogP contribution < -0.4 is 0 Å². The van der Waals surface area contributed by atoms with E-state index in [0.717, 1.165) is 22.4 Å². The summed E-state index contributed by atoms with van der Waals surface area (Å²) in [5.41, 5.74) is 4.84. The number of hydrogen-bond acceptors (Lipinski definition) is 3. The van der Waals surface area contributed by atoms with Crippen LogP contribution in [0.4, 0.5) is 0 Å². The minimum absolute atomic E-state index is 0.665. The molecule has 0 aliphatic heterocycles. The van der Waals surface area contributed by atoms with Crippen LogP contribution in [0, 0.1) is 11.3 Å². The molecule has 0 spiro atoms. The molecule has 5 heteroatoms. The van der Waals surface area contributed by atoms with E-state index in [2.05, 4.69) is 16.3 Å². The van der Waals surface area contributed by atoms with Crippen molar-refractivity contribution in [2.45, 2.75) is 6.54 Å². The van der Waals surface area contributed by atoms with Crippen molar-refractivity contribution >= 4 is 0 Å². The molecule has 0 radical (unpaired) electrons. The monoisotopic (exact) mass is 325 g/mol. The van der Waals surface area contributed by atoms with E-state index in [1.807, 2.05) is 88.7 Å². The molecule has 25 heavy (non-hydrogen) atoms. The van der Waals surface area contributed by atoms with Crippen molar-refractivity contribution in [1.29, 1.82) is 5.26 Å². The van der Waals surface area contributed by atoms with Gasteiger partial charge in [0.05, 0.1) is 36.3 Å². The van der Waals surface area contributed by atoms with E-state index in [4.69, 9.17) is 5.26 Å². The molecule has 0 atom stereocenters. The normalized spacial score (nSPS) is 10.5. The summed E-state index contributed by atoms with van der Waals surface area (Å²) >= 11 is 0. The van der Waals surface area contributed by atoms with Gasteiger partial charge in [0.1, 0.15) is 0 Å². The standard InChI is InChI=1S/C20H15N5/c21-10-16-6-8-17(9-7-16)13-24-14-18(11-22-24)19-12-23-25(15-19)20-4-2-1-3-5-20/h1-9,11-12,14-15H,13H2. The van der Waals surface area contributed by atoms with E-state index in [-0.39, 0.29) is 0 Å². The van der Waals surface area contributed by atoms with Crippen LogP contribution in [0.5, 0.6) is 0 Å². The summed E-state index contributed by atoms with van der Waals surface area (Å²) in [5, 5.41) is 17.7. The van der Waals surface area contributed by atoms with Gasteiger partial charge in [0.15, 0.2) is 0 Å². The number of nitrogens with zero attached hydrogens (tertiary/aromatic N) is 5. The number of para-hydroxylation sites is 1. The molecule has 0 fully saturated rings. The van der Waals surface area contributed by atoms with Crippen molar-refractivity contribution in [3.63, 3.8) is 0 Å². The Kier molecular flexibility index (Phi) is 3.85. The van der Waals surface area contributed by atoms with E-state index in [9.17, 15) is 0 Å². The van der Waals surface area contributed by atoms with E-state index in [1.54, 1.807) is 0 Å². The molecular weight excluding hydrogens is 310 g/mol. The van der Waals surface area contributed by atoms with Crippen LogP contribution in [-0.2, 0) is 6.54 Å². The largest absolute Gasteiger partial charge is 0.268 e. The number of hydrogen-bond donors (Lipinski definition) is 0. The molecule has 4 aromatic rings. The lowest BCUT2D eigenvalue weighted by atomic mass is 10.1. The fraction of sp³-hybridized carbons (Fsp3) is 0.0500. The molecule has 2 aromatic carbocycles. The van der Waals surface area contributed by atoms with Gasteiger partial charge in [-0.25, -0.2) is 4.68 Å². The molecule has 0 N–H and O–H groups in total. The van der Waals surface area contributed by atoms with Gasteiger partial charge in [0.2, 0.25) is 0 Å². The van der Waals surface area contributed by atoms with Crippen molar-refractivity contribution < 1.29 is 0 Å². The Morgan fingerprint density at radius 1 is 0.840 bits per heavy atom. The Balaban J connectivity index is 1.53. The van der Waals surface area contributed by atoms with E-state index >= 15 is 0 Å². The maximum atomic E-state index is 8.86. The number of aromatic nitrogens is 4. The highest BCUT2D eigenvalue weighted by molar-refractivity contribution is 5.60. The SMILES string of the molecule is N#Cc1ccc(Cn2cc(-c3cnn(-c4ccccc4)c3)cn2)cc1. The molecule has 0 bridgehead atoms. The predicted molar refractivity (Wildman–Crippen MR) is 95.0 cm³/mol. The first-order chi connectivity index (χ1) is 12.3. The summed E-state index contributed by atoms with van der Waals surface area (Å²) in [5.74, 6) is 0. The Labute approximate surface area is 145 Å². The highest BCUT2D eigenvalue weighted by atomic mass is 15.3. The summed E-state index contributed by atoms with van der Waals surface area (Å²) in [6, 6.07) is 19.7. The summed E-state index contributed by atoms with van der Waals surface area (Å²) in [7, 11) is 0. The van der Waals surface area contributed by atoms with E-state index in [1.165, 1.54) is 0 Å². The quantitative estimate of drug-likeness (QED) is 0.575. The molecule has 0 unspecified atom stereocenters. The van der Waals surface area contributed by atoms with Crippen LogP contribution in [-0.4, -0.2) is 19.6 Å². The van der Waals surface area contributed by atoms with Crippen LogP contribution in [0.25, 0.3) is 16.8 Å². The van der Waals surface area contributed by atoms with E-state index < -0.39 is 0 Å². The van der Waals surface area contributed by atoms with Gasteiger partial charge in [-0.05, 0) is 29.8 Å². The third-order valence-corrected chi connectivity index (χ3v) is 4.00. The minimum atomic E-state index is 0.665. The number of nitriles is 1. The van der Waals surface area contributed by atoms with Crippen LogP contribution in [0.1, 0.15) is 11.1 Å². The second-order valence-electron chi connectivity index (χ2n) is 5.74. The van der Waals surface area contributed by atoms with Crippen LogP contribution in [0.3, 0.4) is 0 Å². The maximum Gasteiger partial charge on any atom is 0.0991 e. The van der Waals surface area contributed by atoms with Crippen molar-refractivity contribution in [3.8, 4) is 22.9 Å². The fourth-order valence-electron chi connectivity index (χ4n) is 2.66. The average Bonchev–Trinajstić information content (AvgIpc) is 3.32. The zero-order valence-electron chi connectivity index (χ0n) is 13.4. The van der Waals surface area contributed by atoms with Gasteiger partial charge in [-0.15, -0.1) is 0 Å². The lowest BCUT2D eigenvalue weighted by Gasteiger charge is -2.01. The topological polar surface area (TPSA) is 59.4 Å². The summed E-state index contributed by atoms with van der Waals surface area (Å²) < 4.78 is 3.74. The first-order valence-electron chi connectivity index (χ1n) is 7.94. The molecule has 0 saturated heterocycles.